The average Bonchev–Trinajstić information content (AvgIpc) is 2.26. The van der Waals surface area contributed by atoms with Gasteiger partial charge in [0.15, 0.2) is 9.84 Å². The molecule has 1 aliphatic rings. The molecular formula is C11H22N2O3S. The second-order valence-electron chi connectivity index (χ2n) is 5.08. The SMILES string of the molecule is CCC(C)(CN)C(=O)N1CCS(=O)(=O)CC1C. The summed E-state index contributed by atoms with van der Waals surface area (Å²) >= 11 is 0. The van der Waals surface area contributed by atoms with Crippen molar-refractivity contribution in [2.75, 3.05) is 24.6 Å². The summed E-state index contributed by atoms with van der Waals surface area (Å²) in [6, 6.07) is -0.251. The summed E-state index contributed by atoms with van der Waals surface area (Å²) in [6.45, 7) is 6.12. The summed E-state index contributed by atoms with van der Waals surface area (Å²) in [5.74, 6) is 0.0983. The van der Waals surface area contributed by atoms with Crippen LogP contribution in [0.2, 0.25) is 0 Å². The second-order valence-corrected chi connectivity index (χ2v) is 7.31. The van der Waals surface area contributed by atoms with Gasteiger partial charge in [-0.2, -0.15) is 0 Å². The Morgan fingerprint density at radius 2 is 2.12 bits per heavy atom. The minimum Gasteiger partial charge on any atom is -0.337 e. The van der Waals surface area contributed by atoms with E-state index >= 15 is 0 Å². The molecule has 0 bridgehead atoms. The first kappa shape index (κ1) is 14.4. The number of amides is 1. The van der Waals surface area contributed by atoms with Crippen molar-refractivity contribution in [3.05, 3.63) is 0 Å². The van der Waals surface area contributed by atoms with E-state index in [0.29, 0.717) is 6.42 Å². The Morgan fingerprint density at radius 1 is 1.53 bits per heavy atom. The molecule has 0 aromatic rings. The van der Waals surface area contributed by atoms with E-state index in [1.165, 1.54) is 0 Å². The quantitative estimate of drug-likeness (QED) is 0.776. The Labute approximate surface area is 103 Å². The number of hydrogen-bond acceptors (Lipinski definition) is 4. The van der Waals surface area contributed by atoms with Crippen LogP contribution in [0, 0.1) is 5.41 Å². The Morgan fingerprint density at radius 3 is 2.53 bits per heavy atom. The van der Waals surface area contributed by atoms with E-state index in [9.17, 15) is 13.2 Å². The predicted octanol–water partition coefficient (Wildman–Crippen LogP) is 0.00690. The highest BCUT2D eigenvalue weighted by atomic mass is 32.2. The lowest BCUT2D eigenvalue weighted by molar-refractivity contribution is -0.142. The van der Waals surface area contributed by atoms with Crippen molar-refractivity contribution in [1.29, 1.82) is 0 Å². The molecule has 5 nitrogen and oxygen atoms in total. The molecule has 1 aliphatic heterocycles. The Kier molecular flexibility index (Phi) is 4.19. The average molecular weight is 262 g/mol. The van der Waals surface area contributed by atoms with E-state index in [1.54, 1.807) is 11.8 Å². The third-order valence-electron chi connectivity index (χ3n) is 3.68. The maximum Gasteiger partial charge on any atom is 0.230 e. The van der Waals surface area contributed by atoms with Gasteiger partial charge in [0, 0.05) is 19.1 Å². The number of carbonyl (C=O) groups is 1. The van der Waals surface area contributed by atoms with Gasteiger partial charge in [-0.3, -0.25) is 4.79 Å². The van der Waals surface area contributed by atoms with Crippen LogP contribution in [-0.2, 0) is 14.6 Å². The zero-order chi connectivity index (χ0) is 13.3. The molecule has 2 unspecified atom stereocenters. The van der Waals surface area contributed by atoms with Gasteiger partial charge in [-0.05, 0) is 20.3 Å². The molecule has 1 fully saturated rings. The number of rotatable bonds is 3. The summed E-state index contributed by atoms with van der Waals surface area (Å²) in [5, 5.41) is 0. The van der Waals surface area contributed by atoms with Gasteiger partial charge in [0.05, 0.1) is 16.9 Å². The Hall–Kier alpha value is -0.620. The maximum absolute atomic E-state index is 12.4. The first-order valence-corrected chi connectivity index (χ1v) is 7.79. The number of nitrogens with zero attached hydrogens (tertiary/aromatic N) is 1. The standard InChI is InChI=1S/C11H22N2O3S/c1-4-11(3,8-12)10(14)13-5-6-17(15,16)7-9(13)2/h9H,4-8,12H2,1-3H3. The van der Waals surface area contributed by atoms with Gasteiger partial charge in [0.2, 0.25) is 5.91 Å². The van der Waals surface area contributed by atoms with Crippen molar-refractivity contribution in [1.82, 2.24) is 4.90 Å². The normalized spacial score (nSPS) is 27.5. The van der Waals surface area contributed by atoms with Crippen LogP contribution in [0.4, 0.5) is 0 Å². The Bertz CT molecular complexity index is 388. The maximum atomic E-state index is 12.4. The number of nitrogens with two attached hydrogens (primary N) is 1. The van der Waals surface area contributed by atoms with E-state index in [0.717, 1.165) is 0 Å². The minimum atomic E-state index is -2.98. The van der Waals surface area contributed by atoms with Gasteiger partial charge < -0.3 is 10.6 Å². The molecule has 2 N–H and O–H groups in total. The van der Waals surface area contributed by atoms with Crippen molar-refractivity contribution in [3.63, 3.8) is 0 Å². The van der Waals surface area contributed by atoms with Gasteiger partial charge in [0.25, 0.3) is 0 Å². The van der Waals surface area contributed by atoms with Gasteiger partial charge in [0.1, 0.15) is 0 Å². The fourth-order valence-electron chi connectivity index (χ4n) is 2.03. The van der Waals surface area contributed by atoms with Crippen molar-refractivity contribution >= 4 is 15.7 Å². The summed E-state index contributed by atoms with van der Waals surface area (Å²) in [7, 11) is -2.98. The van der Waals surface area contributed by atoms with Crippen LogP contribution in [0.3, 0.4) is 0 Å². The lowest BCUT2D eigenvalue weighted by Gasteiger charge is -2.39. The molecule has 1 rings (SSSR count). The number of carbonyl (C=O) groups excluding carboxylic acids is 1. The summed E-state index contributed by atoms with van der Waals surface area (Å²) in [6.07, 6.45) is 0.665. The van der Waals surface area contributed by atoms with E-state index < -0.39 is 15.3 Å². The highest BCUT2D eigenvalue weighted by molar-refractivity contribution is 7.91. The molecule has 0 aromatic carbocycles. The van der Waals surface area contributed by atoms with Gasteiger partial charge in [-0.1, -0.05) is 6.92 Å². The van der Waals surface area contributed by atoms with Crippen LogP contribution in [0.15, 0.2) is 0 Å². The monoisotopic (exact) mass is 262 g/mol. The lowest BCUT2D eigenvalue weighted by Crippen LogP contribution is -2.55. The summed E-state index contributed by atoms with van der Waals surface area (Å²) in [4.78, 5) is 14.0. The third kappa shape index (κ3) is 2.98. The van der Waals surface area contributed by atoms with Crippen LogP contribution in [0.1, 0.15) is 27.2 Å². The van der Waals surface area contributed by atoms with Crippen LogP contribution in [-0.4, -0.2) is 49.9 Å². The van der Waals surface area contributed by atoms with Crippen molar-refractivity contribution < 1.29 is 13.2 Å². The van der Waals surface area contributed by atoms with E-state index in [1.807, 2.05) is 13.8 Å². The smallest absolute Gasteiger partial charge is 0.230 e. The van der Waals surface area contributed by atoms with Crippen molar-refractivity contribution in [2.45, 2.75) is 33.2 Å². The first-order valence-electron chi connectivity index (χ1n) is 5.97. The first-order chi connectivity index (χ1) is 7.75. The third-order valence-corrected chi connectivity index (χ3v) is 5.47. The van der Waals surface area contributed by atoms with E-state index in [-0.39, 0.29) is 36.5 Å². The molecule has 0 spiro atoms. The molecule has 17 heavy (non-hydrogen) atoms. The largest absolute Gasteiger partial charge is 0.337 e. The molecule has 1 saturated heterocycles. The van der Waals surface area contributed by atoms with E-state index in [2.05, 4.69) is 0 Å². The zero-order valence-corrected chi connectivity index (χ0v) is 11.6. The molecule has 0 radical (unpaired) electrons. The Balaban J connectivity index is 2.85. The van der Waals surface area contributed by atoms with E-state index in [4.69, 9.17) is 5.73 Å². The summed E-state index contributed by atoms with van der Waals surface area (Å²) in [5.41, 5.74) is 5.08. The van der Waals surface area contributed by atoms with Gasteiger partial charge in [-0.15, -0.1) is 0 Å². The molecule has 0 saturated carbocycles. The van der Waals surface area contributed by atoms with Gasteiger partial charge in [-0.25, -0.2) is 8.42 Å². The molecule has 2 atom stereocenters. The molecule has 0 aliphatic carbocycles. The molecule has 1 heterocycles. The second kappa shape index (κ2) is 4.94. The molecule has 1 amide bonds. The topological polar surface area (TPSA) is 80.5 Å². The lowest BCUT2D eigenvalue weighted by atomic mass is 9.85. The number of sulfone groups is 1. The van der Waals surface area contributed by atoms with Crippen molar-refractivity contribution in [3.8, 4) is 0 Å². The van der Waals surface area contributed by atoms with Crippen LogP contribution >= 0.6 is 0 Å². The fourth-order valence-corrected chi connectivity index (χ4v) is 3.59. The minimum absolute atomic E-state index is 0.0232. The highest BCUT2D eigenvalue weighted by Gasteiger charge is 2.39. The highest BCUT2D eigenvalue weighted by Crippen LogP contribution is 2.25. The molecule has 0 aromatic heterocycles. The predicted molar refractivity (Wildman–Crippen MR) is 67.3 cm³/mol. The molecule has 100 valence electrons. The molecular weight excluding hydrogens is 240 g/mol. The number of hydrogen-bond donors (Lipinski definition) is 1. The fraction of sp³-hybridized carbons (Fsp3) is 0.909. The summed E-state index contributed by atoms with van der Waals surface area (Å²) < 4.78 is 22.9. The van der Waals surface area contributed by atoms with Gasteiger partial charge >= 0.3 is 0 Å². The van der Waals surface area contributed by atoms with Crippen LogP contribution < -0.4 is 5.73 Å². The van der Waals surface area contributed by atoms with Crippen LogP contribution in [0.25, 0.3) is 0 Å². The van der Waals surface area contributed by atoms with Crippen molar-refractivity contribution in [2.24, 2.45) is 11.1 Å². The molecule has 6 heteroatoms. The zero-order valence-electron chi connectivity index (χ0n) is 10.8. The van der Waals surface area contributed by atoms with Crippen LogP contribution in [0.5, 0.6) is 0 Å².